The Morgan fingerprint density at radius 3 is 3.15 bits per heavy atom. The highest BCUT2D eigenvalue weighted by atomic mass is 16.1. The number of hydrogen-bond donors (Lipinski definition) is 1. The van der Waals surface area contributed by atoms with Crippen molar-refractivity contribution in [3.05, 3.63) is 40.4 Å². The molecule has 0 aliphatic heterocycles. The van der Waals surface area contributed by atoms with Crippen molar-refractivity contribution >= 4 is 10.9 Å². The monoisotopic (exact) mass is 171 g/mol. The summed E-state index contributed by atoms with van der Waals surface area (Å²) in [5.41, 5.74) is 0.846. The van der Waals surface area contributed by atoms with E-state index >= 15 is 0 Å². The summed E-state index contributed by atoms with van der Waals surface area (Å²) in [5, 5.41) is 9.06. The molecule has 0 atom stereocenters. The van der Waals surface area contributed by atoms with Crippen LogP contribution in [0.3, 0.4) is 0 Å². The van der Waals surface area contributed by atoms with E-state index in [1.807, 2.05) is 6.07 Å². The quantitative estimate of drug-likeness (QED) is 0.637. The molecule has 0 saturated carbocycles. The highest BCUT2D eigenvalue weighted by molar-refractivity contribution is 5.77. The maximum absolute atomic E-state index is 11.2. The van der Waals surface area contributed by atoms with Crippen LogP contribution in [0.4, 0.5) is 0 Å². The highest BCUT2D eigenvalue weighted by Crippen LogP contribution is 2.05. The first-order valence-corrected chi connectivity index (χ1v) is 3.69. The van der Waals surface area contributed by atoms with Crippen molar-refractivity contribution < 1.29 is 0 Å². The Labute approximate surface area is 73.5 Å². The number of hydrogen-bond acceptors (Lipinski definition) is 3. The van der Waals surface area contributed by atoms with Gasteiger partial charge in [0.1, 0.15) is 11.8 Å². The first kappa shape index (κ1) is 7.50. The summed E-state index contributed by atoms with van der Waals surface area (Å²) in [6, 6.07) is 4.88. The Hall–Kier alpha value is -2.15. The van der Waals surface area contributed by atoms with Gasteiger partial charge in [0.15, 0.2) is 5.43 Å². The van der Waals surface area contributed by atoms with Crippen LogP contribution in [0, 0.1) is 11.3 Å². The lowest BCUT2D eigenvalue weighted by Crippen LogP contribution is -2.00. The van der Waals surface area contributed by atoms with E-state index in [2.05, 4.69) is 9.97 Å². The molecule has 2 rings (SSSR count). The van der Waals surface area contributed by atoms with E-state index in [0.29, 0.717) is 16.6 Å². The maximum atomic E-state index is 11.2. The first-order chi connectivity index (χ1) is 6.31. The van der Waals surface area contributed by atoms with Crippen LogP contribution >= 0.6 is 0 Å². The average molecular weight is 171 g/mol. The third kappa shape index (κ3) is 1.16. The second kappa shape index (κ2) is 2.72. The van der Waals surface area contributed by atoms with Gasteiger partial charge in [-0.2, -0.15) is 5.26 Å². The molecular formula is C9H5N3O. The summed E-state index contributed by atoms with van der Waals surface area (Å²) in [4.78, 5) is 17.9. The maximum Gasteiger partial charge on any atom is 0.190 e. The average Bonchev–Trinajstić information content (AvgIpc) is 2.18. The van der Waals surface area contributed by atoms with Crippen molar-refractivity contribution in [2.45, 2.75) is 0 Å². The zero-order valence-electron chi connectivity index (χ0n) is 6.61. The van der Waals surface area contributed by atoms with E-state index in [0.717, 1.165) is 0 Å². The van der Waals surface area contributed by atoms with Gasteiger partial charge in [0, 0.05) is 18.5 Å². The number of rotatable bonds is 0. The molecule has 4 nitrogen and oxygen atoms in total. The van der Waals surface area contributed by atoms with Crippen molar-refractivity contribution in [2.24, 2.45) is 0 Å². The second-order valence-electron chi connectivity index (χ2n) is 2.57. The molecular weight excluding hydrogens is 166 g/mol. The van der Waals surface area contributed by atoms with E-state index in [9.17, 15) is 4.79 Å². The van der Waals surface area contributed by atoms with Crippen molar-refractivity contribution in [1.29, 1.82) is 5.26 Å². The van der Waals surface area contributed by atoms with E-state index in [1.54, 1.807) is 12.3 Å². The van der Waals surface area contributed by atoms with Crippen molar-refractivity contribution in [1.82, 2.24) is 9.97 Å². The summed E-state index contributed by atoms with van der Waals surface area (Å²) < 4.78 is 0. The summed E-state index contributed by atoms with van der Waals surface area (Å²) in [6.07, 6.45) is 2.96. The number of fused-ring (bicyclic) bond motifs is 1. The van der Waals surface area contributed by atoms with Crippen LogP contribution in [0.2, 0.25) is 0 Å². The van der Waals surface area contributed by atoms with E-state index < -0.39 is 0 Å². The molecule has 2 aromatic rings. The van der Waals surface area contributed by atoms with Crippen LogP contribution in [-0.4, -0.2) is 9.97 Å². The Balaban J connectivity index is 2.90. The van der Waals surface area contributed by atoms with Gasteiger partial charge >= 0.3 is 0 Å². The summed E-state index contributed by atoms with van der Waals surface area (Å²) in [7, 11) is 0. The number of H-pyrrole nitrogens is 1. The minimum Gasteiger partial charge on any atom is -0.361 e. The lowest BCUT2D eigenvalue weighted by Gasteiger charge is -1.94. The van der Waals surface area contributed by atoms with E-state index in [-0.39, 0.29) is 5.43 Å². The molecule has 0 aliphatic carbocycles. The lowest BCUT2D eigenvalue weighted by molar-refractivity contribution is 1.26. The number of aromatic amines is 1. The fraction of sp³-hybridized carbons (Fsp3) is 0. The molecule has 1 N–H and O–H groups in total. The van der Waals surface area contributed by atoms with Crippen LogP contribution in [-0.2, 0) is 0 Å². The van der Waals surface area contributed by atoms with Crippen LogP contribution < -0.4 is 5.43 Å². The van der Waals surface area contributed by atoms with Gasteiger partial charge < -0.3 is 4.98 Å². The van der Waals surface area contributed by atoms with Gasteiger partial charge in [-0.25, -0.2) is 4.98 Å². The van der Waals surface area contributed by atoms with Gasteiger partial charge in [-0.05, 0) is 6.07 Å². The zero-order chi connectivity index (χ0) is 9.26. The van der Waals surface area contributed by atoms with Gasteiger partial charge in [-0.1, -0.05) is 0 Å². The minimum atomic E-state index is -0.0919. The molecule has 2 aromatic heterocycles. The second-order valence-corrected chi connectivity index (χ2v) is 2.57. The van der Waals surface area contributed by atoms with E-state index in [4.69, 9.17) is 5.26 Å². The molecule has 0 fully saturated rings. The predicted molar refractivity (Wildman–Crippen MR) is 47.1 cm³/mol. The molecule has 2 heterocycles. The van der Waals surface area contributed by atoms with Gasteiger partial charge in [0.05, 0.1) is 10.9 Å². The molecule has 0 radical (unpaired) electrons. The van der Waals surface area contributed by atoms with Crippen LogP contribution in [0.1, 0.15) is 5.69 Å². The number of nitrogens with one attached hydrogen (secondary N) is 1. The number of pyridine rings is 2. The third-order valence-corrected chi connectivity index (χ3v) is 1.76. The normalized spacial score (nSPS) is 9.77. The van der Waals surface area contributed by atoms with Gasteiger partial charge in [-0.3, -0.25) is 4.79 Å². The Bertz CT molecular complexity index is 551. The Morgan fingerprint density at radius 2 is 2.38 bits per heavy atom. The molecule has 13 heavy (non-hydrogen) atoms. The van der Waals surface area contributed by atoms with Crippen molar-refractivity contribution in [3.8, 4) is 6.07 Å². The predicted octanol–water partition coefficient (Wildman–Crippen LogP) is 0.795. The Morgan fingerprint density at radius 1 is 1.54 bits per heavy atom. The SMILES string of the molecule is N#Cc1cc2[nH]ccc(=O)c2cn1. The molecule has 0 aliphatic rings. The van der Waals surface area contributed by atoms with E-state index in [1.165, 1.54) is 12.3 Å². The highest BCUT2D eigenvalue weighted by Gasteiger charge is 1.99. The van der Waals surface area contributed by atoms with Gasteiger partial charge in [0.25, 0.3) is 0 Å². The zero-order valence-corrected chi connectivity index (χ0v) is 6.61. The van der Waals surface area contributed by atoms with Gasteiger partial charge in [0.2, 0.25) is 0 Å². The molecule has 0 saturated heterocycles. The smallest absolute Gasteiger partial charge is 0.190 e. The Kier molecular flexibility index (Phi) is 1.57. The molecule has 0 spiro atoms. The molecule has 0 amide bonds. The molecule has 0 aromatic carbocycles. The minimum absolute atomic E-state index is 0.0919. The van der Waals surface area contributed by atoms with Crippen molar-refractivity contribution in [2.75, 3.05) is 0 Å². The third-order valence-electron chi connectivity index (χ3n) is 1.76. The largest absolute Gasteiger partial charge is 0.361 e. The van der Waals surface area contributed by atoms with Crippen LogP contribution in [0.15, 0.2) is 29.3 Å². The fourth-order valence-corrected chi connectivity index (χ4v) is 1.13. The first-order valence-electron chi connectivity index (χ1n) is 3.69. The number of aromatic nitrogens is 2. The number of nitriles is 1. The topological polar surface area (TPSA) is 69.5 Å². The lowest BCUT2D eigenvalue weighted by atomic mass is 10.2. The molecule has 4 heteroatoms. The molecule has 0 bridgehead atoms. The summed E-state index contributed by atoms with van der Waals surface area (Å²) >= 11 is 0. The standard InChI is InChI=1S/C9H5N3O/c10-4-6-3-8-7(5-12-6)9(13)1-2-11-8/h1-3,5H,(H,11,13). The van der Waals surface area contributed by atoms with Gasteiger partial charge in [-0.15, -0.1) is 0 Å². The molecule has 62 valence electrons. The number of nitrogens with zero attached hydrogens (tertiary/aromatic N) is 2. The summed E-state index contributed by atoms with van der Waals surface area (Å²) in [5.74, 6) is 0. The molecule has 0 unspecified atom stereocenters. The van der Waals surface area contributed by atoms with Crippen LogP contribution in [0.5, 0.6) is 0 Å². The van der Waals surface area contributed by atoms with Crippen LogP contribution in [0.25, 0.3) is 10.9 Å². The fourth-order valence-electron chi connectivity index (χ4n) is 1.13. The summed E-state index contributed by atoms with van der Waals surface area (Å²) in [6.45, 7) is 0. The van der Waals surface area contributed by atoms with Crippen molar-refractivity contribution in [3.63, 3.8) is 0 Å².